The maximum atomic E-state index is 13.7. The van der Waals surface area contributed by atoms with Gasteiger partial charge in [-0.15, -0.1) is 0 Å². The van der Waals surface area contributed by atoms with Crippen molar-refractivity contribution in [1.82, 2.24) is 10.2 Å². The quantitative estimate of drug-likeness (QED) is 0.401. The molecule has 1 N–H and O–H groups in total. The van der Waals surface area contributed by atoms with Gasteiger partial charge in [-0.05, 0) is 49.1 Å². The SMILES string of the molecule is CCNC(=O)[C@@H](Cc1ccccc1)N(Cc1ccc(C)cc1)C(=O)CCc1ccc(OC)c(OC)c1. The molecule has 0 saturated heterocycles. The topological polar surface area (TPSA) is 67.9 Å². The first-order valence-corrected chi connectivity index (χ1v) is 12.3. The Morgan fingerprint density at radius 3 is 2.17 bits per heavy atom. The van der Waals surface area contributed by atoms with E-state index >= 15 is 0 Å². The molecule has 0 bridgehead atoms. The van der Waals surface area contributed by atoms with Gasteiger partial charge in [-0.1, -0.05) is 66.2 Å². The smallest absolute Gasteiger partial charge is 0.243 e. The van der Waals surface area contributed by atoms with E-state index in [9.17, 15) is 9.59 Å². The van der Waals surface area contributed by atoms with Gasteiger partial charge in [-0.25, -0.2) is 0 Å². The summed E-state index contributed by atoms with van der Waals surface area (Å²) in [6.45, 7) is 4.78. The fourth-order valence-electron chi connectivity index (χ4n) is 4.17. The van der Waals surface area contributed by atoms with Crippen LogP contribution in [-0.2, 0) is 29.0 Å². The summed E-state index contributed by atoms with van der Waals surface area (Å²) >= 11 is 0. The standard InChI is InChI=1S/C30H36N2O4/c1-5-31-30(34)26(19-23-9-7-6-8-10-23)32(21-25-13-11-22(2)12-14-25)29(33)18-16-24-15-17-27(35-3)28(20-24)36-4/h6-15,17,20,26H,5,16,18-19,21H2,1-4H3,(H,31,34)/t26-/m1/s1. The first-order valence-electron chi connectivity index (χ1n) is 12.3. The number of hydrogen-bond acceptors (Lipinski definition) is 4. The zero-order chi connectivity index (χ0) is 25.9. The van der Waals surface area contributed by atoms with Gasteiger partial charge in [0, 0.05) is 25.9 Å². The molecule has 0 spiro atoms. The van der Waals surface area contributed by atoms with Crippen molar-refractivity contribution in [2.24, 2.45) is 0 Å². The summed E-state index contributed by atoms with van der Waals surface area (Å²) in [6, 6.07) is 23.0. The second-order valence-corrected chi connectivity index (χ2v) is 8.80. The summed E-state index contributed by atoms with van der Waals surface area (Å²) < 4.78 is 10.7. The molecule has 6 nitrogen and oxygen atoms in total. The van der Waals surface area contributed by atoms with Crippen molar-refractivity contribution < 1.29 is 19.1 Å². The Kier molecular flexibility index (Phi) is 9.92. The summed E-state index contributed by atoms with van der Waals surface area (Å²) in [5.41, 5.74) is 4.11. The van der Waals surface area contributed by atoms with Crippen LogP contribution >= 0.6 is 0 Å². The van der Waals surface area contributed by atoms with Crippen LogP contribution in [0.1, 0.15) is 35.6 Å². The highest BCUT2D eigenvalue weighted by Crippen LogP contribution is 2.28. The number of carbonyl (C=O) groups is 2. The van der Waals surface area contributed by atoms with E-state index in [2.05, 4.69) is 5.32 Å². The van der Waals surface area contributed by atoms with E-state index in [4.69, 9.17) is 9.47 Å². The predicted molar refractivity (Wildman–Crippen MR) is 142 cm³/mol. The number of nitrogens with one attached hydrogen (secondary N) is 1. The van der Waals surface area contributed by atoms with Crippen LogP contribution in [0.25, 0.3) is 0 Å². The Morgan fingerprint density at radius 1 is 0.861 bits per heavy atom. The van der Waals surface area contributed by atoms with Gasteiger partial charge in [0.15, 0.2) is 11.5 Å². The number of benzene rings is 3. The summed E-state index contributed by atoms with van der Waals surface area (Å²) in [4.78, 5) is 28.7. The monoisotopic (exact) mass is 488 g/mol. The molecule has 0 aliphatic rings. The molecular formula is C30H36N2O4. The number of ether oxygens (including phenoxy) is 2. The van der Waals surface area contributed by atoms with Crippen LogP contribution in [0.2, 0.25) is 0 Å². The lowest BCUT2D eigenvalue weighted by Crippen LogP contribution is -2.50. The Labute approximate surface area is 214 Å². The van der Waals surface area contributed by atoms with E-state index in [-0.39, 0.29) is 18.2 Å². The van der Waals surface area contributed by atoms with E-state index in [0.717, 1.165) is 22.3 Å². The Bertz CT molecular complexity index is 1130. The third-order valence-corrected chi connectivity index (χ3v) is 6.17. The molecule has 0 unspecified atom stereocenters. The van der Waals surface area contributed by atoms with Gasteiger partial charge in [0.05, 0.1) is 14.2 Å². The molecule has 36 heavy (non-hydrogen) atoms. The van der Waals surface area contributed by atoms with Gasteiger partial charge in [0.2, 0.25) is 11.8 Å². The average molecular weight is 489 g/mol. The third kappa shape index (κ3) is 7.35. The number of carbonyl (C=O) groups excluding carboxylic acids is 2. The van der Waals surface area contributed by atoms with E-state index in [1.165, 1.54) is 0 Å². The van der Waals surface area contributed by atoms with Gasteiger partial charge >= 0.3 is 0 Å². The Hall–Kier alpha value is -3.80. The third-order valence-electron chi connectivity index (χ3n) is 6.17. The fraction of sp³-hybridized carbons (Fsp3) is 0.333. The van der Waals surface area contributed by atoms with Crippen LogP contribution < -0.4 is 14.8 Å². The zero-order valence-corrected chi connectivity index (χ0v) is 21.6. The summed E-state index contributed by atoms with van der Waals surface area (Å²) in [6.07, 6.45) is 1.24. The normalized spacial score (nSPS) is 11.4. The Morgan fingerprint density at radius 2 is 1.53 bits per heavy atom. The number of rotatable bonds is 12. The number of nitrogens with zero attached hydrogens (tertiary/aromatic N) is 1. The van der Waals surface area contributed by atoms with Gasteiger partial charge < -0.3 is 19.7 Å². The average Bonchev–Trinajstić information content (AvgIpc) is 2.90. The van der Waals surface area contributed by atoms with Gasteiger partial charge in [-0.2, -0.15) is 0 Å². The first-order chi connectivity index (χ1) is 17.4. The molecular weight excluding hydrogens is 452 g/mol. The number of aryl methyl sites for hydroxylation is 2. The second-order valence-electron chi connectivity index (χ2n) is 8.80. The molecule has 1 atom stereocenters. The lowest BCUT2D eigenvalue weighted by atomic mass is 10.0. The van der Waals surface area contributed by atoms with Crippen LogP contribution in [0.4, 0.5) is 0 Å². The Balaban J connectivity index is 1.87. The zero-order valence-electron chi connectivity index (χ0n) is 21.6. The molecule has 0 aliphatic carbocycles. The van der Waals surface area contributed by atoms with Crippen molar-refractivity contribution in [2.75, 3.05) is 20.8 Å². The van der Waals surface area contributed by atoms with E-state index < -0.39 is 6.04 Å². The van der Waals surface area contributed by atoms with Gasteiger partial charge in [-0.3, -0.25) is 9.59 Å². The minimum atomic E-state index is -0.619. The van der Waals surface area contributed by atoms with Crippen LogP contribution in [0.5, 0.6) is 11.5 Å². The lowest BCUT2D eigenvalue weighted by Gasteiger charge is -2.31. The van der Waals surface area contributed by atoms with Crippen molar-refractivity contribution in [3.05, 3.63) is 95.1 Å². The number of likely N-dealkylation sites (N-methyl/N-ethyl adjacent to an activating group) is 1. The number of hydrogen-bond donors (Lipinski definition) is 1. The van der Waals surface area contributed by atoms with Crippen molar-refractivity contribution in [3.8, 4) is 11.5 Å². The predicted octanol–water partition coefficient (Wildman–Crippen LogP) is 4.72. The summed E-state index contributed by atoms with van der Waals surface area (Å²) in [5.74, 6) is 1.06. The lowest BCUT2D eigenvalue weighted by molar-refractivity contribution is -0.141. The minimum absolute atomic E-state index is 0.0717. The first kappa shape index (κ1) is 26.8. The van der Waals surface area contributed by atoms with Gasteiger partial charge in [0.25, 0.3) is 0 Å². The highest BCUT2D eigenvalue weighted by Gasteiger charge is 2.30. The molecule has 0 radical (unpaired) electrons. The molecule has 2 amide bonds. The summed E-state index contributed by atoms with van der Waals surface area (Å²) in [7, 11) is 3.19. The molecule has 190 valence electrons. The summed E-state index contributed by atoms with van der Waals surface area (Å²) in [5, 5.41) is 2.93. The molecule has 3 rings (SSSR count). The molecule has 6 heteroatoms. The maximum Gasteiger partial charge on any atom is 0.243 e. The van der Waals surface area contributed by atoms with Crippen molar-refractivity contribution in [2.45, 2.75) is 45.7 Å². The van der Waals surface area contributed by atoms with Gasteiger partial charge in [0.1, 0.15) is 6.04 Å². The molecule has 0 fully saturated rings. The van der Waals surface area contributed by atoms with Crippen molar-refractivity contribution >= 4 is 11.8 Å². The molecule has 3 aromatic rings. The molecule has 0 aromatic heterocycles. The highest BCUT2D eigenvalue weighted by molar-refractivity contribution is 5.88. The van der Waals surface area contributed by atoms with Crippen LogP contribution in [0.3, 0.4) is 0 Å². The van der Waals surface area contributed by atoms with Crippen molar-refractivity contribution in [1.29, 1.82) is 0 Å². The second kappa shape index (κ2) is 13.3. The molecule has 0 saturated carbocycles. The highest BCUT2D eigenvalue weighted by atomic mass is 16.5. The van der Waals surface area contributed by atoms with Crippen LogP contribution in [-0.4, -0.2) is 43.5 Å². The van der Waals surface area contributed by atoms with Crippen LogP contribution in [0, 0.1) is 6.92 Å². The molecule has 0 heterocycles. The van der Waals surface area contributed by atoms with Crippen LogP contribution in [0.15, 0.2) is 72.8 Å². The minimum Gasteiger partial charge on any atom is -0.493 e. The molecule has 3 aromatic carbocycles. The fourth-order valence-corrected chi connectivity index (χ4v) is 4.17. The largest absolute Gasteiger partial charge is 0.493 e. The molecule has 0 aliphatic heterocycles. The van der Waals surface area contributed by atoms with E-state index in [1.54, 1.807) is 19.1 Å². The number of methoxy groups -OCH3 is 2. The number of amides is 2. The van der Waals surface area contributed by atoms with Crippen molar-refractivity contribution in [3.63, 3.8) is 0 Å². The van der Waals surface area contributed by atoms with E-state index in [0.29, 0.717) is 37.4 Å². The van der Waals surface area contributed by atoms with E-state index in [1.807, 2.05) is 86.6 Å². The maximum absolute atomic E-state index is 13.7.